The minimum absolute atomic E-state index is 0.0584. The molecule has 0 saturated carbocycles. The molecule has 3 aromatic rings. The molecule has 1 aromatic heterocycles. The number of benzene rings is 2. The first-order chi connectivity index (χ1) is 19.3. The molecule has 2 aliphatic rings. The number of hydrogen-bond acceptors (Lipinski definition) is 10. The van der Waals surface area contributed by atoms with Crippen molar-refractivity contribution in [3.63, 3.8) is 0 Å². The number of aromatic nitrogens is 2. The second-order valence-corrected chi connectivity index (χ2v) is 11.9. The van der Waals surface area contributed by atoms with E-state index in [2.05, 4.69) is 21.6 Å². The summed E-state index contributed by atoms with van der Waals surface area (Å²) in [5, 5.41) is 22.6. The summed E-state index contributed by atoms with van der Waals surface area (Å²) >= 11 is 14.9. The number of methoxy groups -OCH3 is 1. The van der Waals surface area contributed by atoms with Gasteiger partial charge in [0, 0.05) is 23.4 Å². The van der Waals surface area contributed by atoms with E-state index in [0.717, 1.165) is 0 Å². The van der Waals surface area contributed by atoms with Gasteiger partial charge in [0.15, 0.2) is 10.1 Å². The lowest BCUT2D eigenvalue weighted by Gasteiger charge is -2.38. The van der Waals surface area contributed by atoms with Crippen molar-refractivity contribution in [1.29, 1.82) is 5.26 Å². The molecule has 5 rings (SSSR count). The number of amides is 1. The quantitative estimate of drug-likeness (QED) is 0.313. The maximum Gasteiger partial charge on any atom is 0.234 e. The van der Waals surface area contributed by atoms with E-state index in [1.807, 2.05) is 0 Å². The van der Waals surface area contributed by atoms with Crippen molar-refractivity contribution in [3.05, 3.63) is 80.7 Å². The predicted octanol–water partition coefficient (Wildman–Crippen LogP) is 5.89. The average Bonchev–Trinajstić information content (AvgIpc) is 3.42. The first-order valence-electron chi connectivity index (χ1n) is 12.1. The van der Waals surface area contributed by atoms with Gasteiger partial charge in [-0.3, -0.25) is 14.5 Å². The summed E-state index contributed by atoms with van der Waals surface area (Å²) in [4.78, 5) is 27.4. The summed E-state index contributed by atoms with van der Waals surface area (Å²) in [7, 11) is 1.58. The third-order valence-electron chi connectivity index (χ3n) is 6.48. The third-order valence-corrected chi connectivity index (χ3v) is 9.26. The highest BCUT2D eigenvalue weighted by Gasteiger charge is 2.41. The summed E-state index contributed by atoms with van der Waals surface area (Å²) < 4.78 is 5.68. The molecule has 40 heavy (non-hydrogen) atoms. The highest BCUT2D eigenvalue weighted by atomic mass is 35.5. The maximum absolute atomic E-state index is 13.3. The van der Waals surface area contributed by atoms with Crippen molar-refractivity contribution in [2.24, 2.45) is 5.73 Å². The topological polar surface area (TPSA) is 134 Å². The van der Waals surface area contributed by atoms with Crippen molar-refractivity contribution in [3.8, 4) is 11.8 Å². The Morgan fingerprint density at radius 3 is 2.70 bits per heavy atom. The van der Waals surface area contributed by atoms with Gasteiger partial charge >= 0.3 is 0 Å². The SMILES string of the molecule is COc1ccc(NC(=O)CSc2nnc(N3C(N)=C(C#N)C(c4ccc(Cl)c(Cl)c4)C4=C3CCCC4=O)s2)cc1. The minimum Gasteiger partial charge on any atom is -0.497 e. The van der Waals surface area contributed by atoms with Crippen LogP contribution < -0.4 is 20.7 Å². The Hall–Kier alpha value is -3.56. The van der Waals surface area contributed by atoms with Gasteiger partial charge in [0.1, 0.15) is 11.6 Å². The average molecular weight is 614 g/mol. The fourth-order valence-electron chi connectivity index (χ4n) is 4.68. The molecule has 2 aromatic carbocycles. The molecule has 13 heteroatoms. The Kier molecular flexibility index (Phi) is 8.32. The van der Waals surface area contributed by atoms with E-state index in [1.54, 1.807) is 54.5 Å². The number of allylic oxidation sites excluding steroid dienone is 3. The Labute approximate surface area is 248 Å². The molecule has 204 valence electrons. The summed E-state index contributed by atoms with van der Waals surface area (Å²) in [5.41, 5.74) is 9.31. The van der Waals surface area contributed by atoms with E-state index >= 15 is 0 Å². The monoisotopic (exact) mass is 612 g/mol. The number of thioether (sulfide) groups is 1. The Balaban J connectivity index is 1.40. The van der Waals surface area contributed by atoms with Crippen molar-refractivity contribution in [2.75, 3.05) is 23.1 Å². The molecule has 0 saturated heterocycles. The Morgan fingerprint density at radius 1 is 1.23 bits per heavy atom. The van der Waals surface area contributed by atoms with E-state index in [4.69, 9.17) is 33.7 Å². The number of nitrogens with zero attached hydrogens (tertiary/aromatic N) is 4. The van der Waals surface area contributed by atoms with Crippen LogP contribution in [0.15, 0.2) is 69.5 Å². The minimum atomic E-state index is -0.665. The highest BCUT2D eigenvalue weighted by molar-refractivity contribution is 8.01. The summed E-state index contributed by atoms with van der Waals surface area (Å²) in [6, 6.07) is 14.3. The van der Waals surface area contributed by atoms with E-state index < -0.39 is 5.92 Å². The van der Waals surface area contributed by atoms with Gasteiger partial charge in [-0.05, 0) is 54.8 Å². The predicted molar refractivity (Wildman–Crippen MR) is 157 cm³/mol. The van der Waals surface area contributed by atoms with E-state index in [0.29, 0.717) is 67.0 Å². The number of nitrogens with one attached hydrogen (secondary N) is 1. The zero-order valence-corrected chi connectivity index (χ0v) is 24.3. The smallest absolute Gasteiger partial charge is 0.234 e. The van der Waals surface area contributed by atoms with Crippen LogP contribution in [-0.4, -0.2) is 34.8 Å². The van der Waals surface area contributed by atoms with Gasteiger partial charge in [-0.25, -0.2) is 0 Å². The van der Waals surface area contributed by atoms with Gasteiger partial charge in [0.2, 0.25) is 11.0 Å². The van der Waals surface area contributed by atoms with Crippen LogP contribution in [0.1, 0.15) is 30.7 Å². The second-order valence-electron chi connectivity index (χ2n) is 8.91. The van der Waals surface area contributed by atoms with Gasteiger partial charge in [-0.15, -0.1) is 10.2 Å². The lowest BCUT2D eigenvalue weighted by Crippen LogP contribution is -2.38. The molecule has 1 aliphatic heterocycles. The standard InChI is InChI=1S/C27H22Cl2N6O3S2/c1-38-16-8-6-15(7-9-16)32-22(37)13-39-27-34-33-26(40-27)35-20-3-2-4-21(36)24(20)23(17(12-30)25(35)31)14-5-10-18(28)19(29)11-14/h5-11,23H,2-4,13,31H2,1H3,(H,32,37). The number of nitrogens with two attached hydrogens (primary N) is 1. The van der Waals surface area contributed by atoms with Crippen LogP contribution in [0, 0.1) is 11.3 Å². The van der Waals surface area contributed by atoms with Crippen molar-refractivity contribution in [2.45, 2.75) is 29.5 Å². The Bertz CT molecular complexity index is 1600. The molecule has 1 atom stereocenters. The van der Waals surface area contributed by atoms with Crippen LogP contribution in [-0.2, 0) is 9.59 Å². The first-order valence-corrected chi connectivity index (χ1v) is 14.7. The zero-order valence-electron chi connectivity index (χ0n) is 21.1. The number of ketones is 1. The van der Waals surface area contributed by atoms with Crippen LogP contribution in [0.5, 0.6) is 5.75 Å². The molecule has 0 fully saturated rings. The summed E-state index contributed by atoms with van der Waals surface area (Å²) in [5.74, 6) is 0.0569. The zero-order chi connectivity index (χ0) is 28.4. The molecular weight excluding hydrogens is 591 g/mol. The van der Waals surface area contributed by atoms with Gasteiger partial charge in [0.25, 0.3) is 0 Å². The first kappa shape index (κ1) is 28.0. The number of halogens is 2. The molecular formula is C27H22Cl2N6O3S2. The number of ether oxygens (including phenoxy) is 1. The lowest BCUT2D eigenvalue weighted by molar-refractivity contribution is -0.116. The largest absolute Gasteiger partial charge is 0.497 e. The van der Waals surface area contributed by atoms with E-state index in [9.17, 15) is 14.9 Å². The molecule has 9 nitrogen and oxygen atoms in total. The van der Waals surface area contributed by atoms with Crippen molar-refractivity contribution >= 4 is 68.8 Å². The number of hydrogen-bond donors (Lipinski definition) is 2. The maximum atomic E-state index is 13.3. The Morgan fingerprint density at radius 2 is 2.00 bits per heavy atom. The number of rotatable bonds is 7. The molecule has 1 unspecified atom stereocenters. The number of Topliss-reactive ketones (excluding diaryl/α,β-unsaturated/α-hetero) is 1. The molecule has 0 spiro atoms. The van der Waals surface area contributed by atoms with Crippen molar-refractivity contribution in [1.82, 2.24) is 10.2 Å². The number of carbonyl (C=O) groups excluding carboxylic acids is 2. The van der Waals surface area contributed by atoms with E-state index in [1.165, 1.54) is 23.1 Å². The number of carbonyl (C=O) groups is 2. The molecule has 0 radical (unpaired) electrons. The fourth-order valence-corrected chi connectivity index (χ4v) is 6.67. The summed E-state index contributed by atoms with van der Waals surface area (Å²) in [6.07, 6.45) is 1.58. The van der Waals surface area contributed by atoms with Gasteiger partial charge in [-0.1, -0.05) is 52.4 Å². The number of anilines is 2. The van der Waals surface area contributed by atoms with Gasteiger partial charge in [0.05, 0.1) is 40.5 Å². The normalized spacial score (nSPS) is 17.0. The third kappa shape index (κ3) is 5.53. The lowest BCUT2D eigenvalue weighted by atomic mass is 9.76. The van der Waals surface area contributed by atoms with E-state index in [-0.39, 0.29) is 28.8 Å². The highest BCUT2D eigenvalue weighted by Crippen LogP contribution is 2.47. The molecule has 0 bridgehead atoms. The van der Waals surface area contributed by atoms with Crippen molar-refractivity contribution < 1.29 is 14.3 Å². The van der Waals surface area contributed by atoms with Gasteiger partial charge in [-0.2, -0.15) is 5.26 Å². The van der Waals surface area contributed by atoms with Crippen LogP contribution in [0.25, 0.3) is 0 Å². The van der Waals surface area contributed by atoms with Crippen LogP contribution in [0.3, 0.4) is 0 Å². The fraction of sp³-hybridized carbons (Fsp3) is 0.222. The van der Waals surface area contributed by atoms with Crippen LogP contribution >= 0.6 is 46.3 Å². The molecule has 1 aliphatic carbocycles. The second kappa shape index (κ2) is 11.9. The van der Waals surface area contributed by atoms with Gasteiger partial charge < -0.3 is 15.8 Å². The van der Waals surface area contributed by atoms with Crippen LogP contribution in [0.2, 0.25) is 10.0 Å². The van der Waals surface area contributed by atoms with Crippen LogP contribution in [0.4, 0.5) is 10.8 Å². The molecule has 2 heterocycles. The molecule has 1 amide bonds. The molecule has 3 N–H and O–H groups in total. The summed E-state index contributed by atoms with van der Waals surface area (Å²) in [6.45, 7) is 0. The number of nitriles is 1.